The monoisotopic (exact) mass is 386 g/mol. The van der Waals surface area contributed by atoms with E-state index in [1.165, 1.54) is 11.8 Å². The molecule has 27 heavy (non-hydrogen) atoms. The van der Waals surface area contributed by atoms with Crippen molar-refractivity contribution in [2.75, 3.05) is 26.3 Å². The highest BCUT2D eigenvalue weighted by Gasteiger charge is 2.41. The summed E-state index contributed by atoms with van der Waals surface area (Å²) in [6.45, 7) is 11.2. The van der Waals surface area contributed by atoms with Crippen molar-refractivity contribution in [1.29, 1.82) is 0 Å². The van der Waals surface area contributed by atoms with Crippen LogP contribution < -0.4 is 0 Å². The third kappa shape index (κ3) is 7.36. The van der Waals surface area contributed by atoms with E-state index in [9.17, 15) is 19.5 Å². The van der Waals surface area contributed by atoms with Gasteiger partial charge in [-0.3, -0.25) is 14.5 Å². The number of hydrogen-bond donors (Lipinski definition) is 1. The van der Waals surface area contributed by atoms with E-state index in [0.717, 1.165) is 0 Å². The summed E-state index contributed by atoms with van der Waals surface area (Å²) in [5.74, 6) is -0.340. The quantitative estimate of drug-likeness (QED) is 0.670. The molecule has 1 heterocycles. The molecule has 1 aliphatic rings. The van der Waals surface area contributed by atoms with Crippen LogP contribution in [0.15, 0.2) is 0 Å². The number of ether oxygens (including phenoxy) is 2. The van der Waals surface area contributed by atoms with Gasteiger partial charge in [0.15, 0.2) is 0 Å². The maximum Gasteiger partial charge on any atom is 0.411 e. The molecule has 1 saturated heterocycles. The van der Waals surface area contributed by atoms with E-state index in [1.54, 1.807) is 25.7 Å². The molecule has 0 aromatic rings. The lowest BCUT2D eigenvalue weighted by molar-refractivity contribution is -0.152. The van der Waals surface area contributed by atoms with Crippen molar-refractivity contribution in [3.63, 3.8) is 0 Å². The lowest BCUT2D eigenvalue weighted by atomic mass is 9.99. The van der Waals surface area contributed by atoms with Gasteiger partial charge in [0, 0.05) is 33.0 Å². The van der Waals surface area contributed by atoms with Gasteiger partial charge in [-0.2, -0.15) is 0 Å². The minimum absolute atomic E-state index is 0.123. The van der Waals surface area contributed by atoms with Crippen LogP contribution in [0.25, 0.3) is 0 Å². The zero-order valence-electron chi connectivity index (χ0n) is 17.4. The topological polar surface area (TPSA) is 96.4 Å². The molecule has 2 atom stereocenters. The predicted octanol–water partition coefficient (Wildman–Crippen LogP) is 1.79. The summed E-state index contributed by atoms with van der Waals surface area (Å²) < 4.78 is 10.6. The number of nitrogens with zero attached hydrogens (tertiary/aromatic N) is 2. The number of carbonyl (C=O) groups excluding carboxylic acids is 3. The van der Waals surface area contributed by atoms with E-state index in [2.05, 4.69) is 0 Å². The fraction of sp³-hybridized carbons (Fsp3) is 0.842. The van der Waals surface area contributed by atoms with Crippen LogP contribution in [0, 0.1) is 5.92 Å². The van der Waals surface area contributed by atoms with Gasteiger partial charge in [-0.15, -0.1) is 0 Å². The molecular formula is C19H34N2O6. The summed E-state index contributed by atoms with van der Waals surface area (Å²) in [6.07, 6.45) is 0.253. The molecule has 8 nitrogen and oxygen atoms in total. The Labute approximate surface area is 161 Å². The lowest BCUT2D eigenvalue weighted by Gasteiger charge is -2.44. The van der Waals surface area contributed by atoms with Gasteiger partial charge in [-0.25, -0.2) is 4.79 Å². The fourth-order valence-corrected chi connectivity index (χ4v) is 3.15. The van der Waals surface area contributed by atoms with Crippen LogP contribution in [0.4, 0.5) is 4.79 Å². The molecule has 0 spiro atoms. The number of carbonyl (C=O) groups is 3. The van der Waals surface area contributed by atoms with E-state index in [1.807, 2.05) is 13.8 Å². The summed E-state index contributed by atoms with van der Waals surface area (Å²) in [5.41, 5.74) is -0.670. The second-order valence-electron chi connectivity index (χ2n) is 8.32. The van der Waals surface area contributed by atoms with Gasteiger partial charge in [0.25, 0.3) is 0 Å². The van der Waals surface area contributed by atoms with Crippen molar-refractivity contribution >= 4 is 18.0 Å². The van der Waals surface area contributed by atoms with Gasteiger partial charge < -0.3 is 19.5 Å². The number of aliphatic hydroxyl groups excluding tert-OH is 1. The molecule has 1 fully saturated rings. The SMILES string of the molecule is CC(=O)OC[C@H](CC(C)C)N1CCN(C(=O)OC(C)(C)C)C(CCO)C1=O. The van der Waals surface area contributed by atoms with Gasteiger partial charge >= 0.3 is 12.1 Å². The first-order valence-electron chi connectivity index (χ1n) is 9.50. The zero-order valence-corrected chi connectivity index (χ0v) is 17.4. The first-order chi connectivity index (χ1) is 12.5. The number of amides is 2. The second kappa shape index (κ2) is 9.92. The third-order valence-electron chi connectivity index (χ3n) is 4.22. The summed E-state index contributed by atoms with van der Waals surface area (Å²) in [6, 6.07) is -1.05. The molecule has 8 heteroatoms. The Morgan fingerprint density at radius 2 is 1.89 bits per heavy atom. The zero-order chi connectivity index (χ0) is 20.8. The van der Waals surface area contributed by atoms with Crippen molar-refractivity contribution in [3.05, 3.63) is 0 Å². The molecule has 1 N–H and O–H groups in total. The van der Waals surface area contributed by atoms with Crippen molar-refractivity contribution in [3.8, 4) is 0 Å². The first kappa shape index (κ1) is 23.2. The average Bonchev–Trinajstić information content (AvgIpc) is 2.51. The lowest BCUT2D eigenvalue weighted by Crippen LogP contribution is -2.62. The Kier molecular flexibility index (Phi) is 8.53. The fourth-order valence-electron chi connectivity index (χ4n) is 3.15. The molecule has 0 aliphatic carbocycles. The van der Waals surface area contributed by atoms with Crippen LogP contribution in [0.1, 0.15) is 54.4 Å². The van der Waals surface area contributed by atoms with Gasteiger partial charge in [0.05, 0.1) is 6.04 Å². The highest BCUT2D eigenvalue weighted by Crippen LogP contribution is 2.23. The Hall–Kier alpha value is -1.83. The normalized spacial score (nSPS) is 19.3. The van der Waals surface area contributed by atoms with E-state index >= 15 is 0 Å². The highest BCUT2D eigenvalue weighted by atomic mass is 16.6. The summed E-state index contributed by atoms with van der Waals surface area (Å²) in [7, 11) is 0. The van der Waals surface area contributed by atoms with Crippen molar-refractivity contribution in [2.24, 2.45) is 5.92 Å². The summed E-state index contributed by atoms with van der Waals surface area (Å²) in [5, 5.41) is 9.40. The third-order valence-corrected chi connectivity index (χ3v) is 4.22. The molecule has 156 valence electrons. The number of hydrogen-bond acceptors (Lipinski definition) is 6. The molecule has 0 bridgehead atoms. The van der Waals surface area contributed by atoms with Crippen LogP contribution >= 0.6 is 0 Å². The minimum atomic E-state index is -0.786. The molecule has 0 aromatic carbocycles. The van der Waals surface area contributed by atoms with Crippen LogP contribution in [-0.4, -0.2) is 76.9 Å². The van der Waals surface area contributed by atoms with E-state index in [4.69, 9.17) is 9.47 Å². The van der Waals surface area contributed by atoms with Crippen LogP contribution in [0.2, 0.25) is 0 Å². The van der Waals surface area contributed by atoms with E-state index in [-0.39, 0.29) is 31.6 Å². The number of piperazine rings is 1. The summed E-state index contributed by atoms with van der Waals surface area (Å²) >= 11 is 0. The van der Waals surface area contributed by atoms with Gasteiger partial charge in [0.1, 0.15) is 18.2 Å². The van der Waals surface area contributed by atoms with E-state index < -0.39 is 23.7 Å². The minimum Gasteiger partial charge on any atom is -0.464 e. The summed E-state index contributed by atoms with van der Waals surface area (Å²) in [4.78, 5) is 39.9. The smallest absolute Gasteiger partial charge is 0.411 e. The molecule has 2 amide bonds. The van der Waals surface area contributed by atoms with Gasteiger partial charge in [-0.1, -0.05) is 13.8 Å². The number of esters is 1. The highest BCUT2D eigenvalue weighted by molar-refractivity contribution is 5.87. The Bertz CT molecular complexity index is 529. The molecular weight excluding hydrogens is 352 g/mol. The van der Waals surface area contributed by atoms with E-state index in [0.29, 0.717) is 25.4 Å². The largest absolute Gasteiger partial charge is 0.464 e. The van der Waals surface area contributed by atoms with Crippen molar-refractivity contribution < 1.29 is 29.0 Å². The van der Waals surface area contributed by atoms with Crippen LogP contribution in [-0.2, 0) is 19.1 Å². The maximum atomic E-state index is 13.1. The van der Waals surface area contributed by atoms with Crippen LogP contribution in [0.5, 0.6) is 0 Å². The average molecular weight is 386 g/mol. The molecule has 1 aliphatic heterocycles. The second-order valence-corrected chi connectivity index (χ2v) is 8.32. The molecule has 1 rings (SSSR count). The van der Waals surface area contributed by atoms with Gasteiger partial charge in [-0.05, 0) is 33.1 Å². The van der Waals surface area contributed by atoms with Crippen molar-refractivity contribution in [2.45, 2.75) is 72.1 Å². The van der Waals surface area contributed by atoms with Crippen molar-refractivity contribution in [1.82, 2.24) is 9.80 Å². The van der Waals surface area contributed by atoms with Crippen LogP contribution in [0.3, 0.4) is 0 Å². The molecule has 0 radical (unpaired) electrons. The Balaban J connectivity index is 2.98. The number of aliphatic hydroxyl groups is 1. The standard InChI is InChI=1S/C19H34N2O6/c1-13(2)11-15(12-26-14(3)23)20-8-9-21(16(7-10-22)17(20)24)18(25)27-19(4,5)6/h13,15-16,22H,7-12H2,1-6H3/t15-,16?/m0/s1. The Morgan fingerprint density at radius 1 is 1.26 bits per heavy atom. The molecule has 0 aromatic heterocycles. The molecule has 0 saturated carbocycles. The number of rotatable bonds is 7. The predicted molar refractivity (Wildman–Crippen MR) is 100 cm³/mol. The van der Waals surface area contributed by atoms with Gasteiger partial charge in [0.2, 0.25) is 5.91 Å². The maximum absolute atomic E-state index is 13.1. The Morgan fingerprint density at radius 3 is 2.37 bits per heavy atom. The first-order valence-corrected chi connectivity index (χ1v) is 9.50. The molecule has 1 unspecified atom stereocenters.